The minimum Gasteiger partial charge on any atom is -0.381 e. The Labute approximate surface area is 92.4 Å². The van der Waals surface area contributed by atoms with Crippen LogP contribution < -0.4 is 4.72 Å². The molecule has 0 atom stereocenters. The van der Waals surface area contributed by atoms with E-state index in [0.717, 1.165) is 12.8 Å². The fraction of sp³-hybridized carbons (Fsp3) is 1.00. The van der Waals surface area contributed by atoms with Crippen LogP contribution in [0.3, 0.4) is 0 Å². The number of hydrogen-bond donors (Lipinski definition) is 1. The van der Waals surface area contributed by atoms with Crippen molar-refractivity contribution in [3.05, 3.63) is 0 Å². The molecule has 15 heavy (non-hydrogen) atoms. The van der Waals surface area contributed by atoms with Crippen molar-refractivity contribution >= 4 is 10.0 Å². The second-order valence-corrected chi connectivity index (χ2v) is 6.96. The normalized spacial score (nSPS) is 20.5. The van der Waals surface area contributed by atoms with Crippen molar-refractivity contribution in [3.8, 4) is 0 Å². The fourth-order valence-electron chi connectivity index (χ4n) is 1.73. The highest BCUT2D eigenvalue weighted by atomic mass is 32.2. The molecule has 0 amide bonds. The summed E-state index contributed by atoms with van der Waals surface area (Å²) in [7, 11) is -3.14. The maximum Gasteiger partial charge on any atom is 0.212 e. The molecule has 0 aliphatic carbocycles. The Morgan fingerprint density at radius 3 is 2.27 bits per heavy atom. The van der Waals surface area contributed by atoms with Crippen molar-refractivity contribution in [2.24, 2.45) is 5.92 Å². The zero-order valence-electron chi connectivity index (χ0n) is 9.75. The Morgan fingerprint density at radius 2 is 1.80 bits per heavy atom. The molecule has 0 radical (unpaired) electrons. The molecule has 0 aromatic rings. The van der Waals surface area contributed by atoms with Crippen LogP contribution >= 0.6 is 0 Å². The van der Waals surface area contributed by atoms with E-state index in [2.05, 4.69) is 4.72 Å². The largest absolute Gasteiger partial charge is 0.381 e. The molecule has 1 aliphatic heterocycles. The van der Waals surface area contributed by atoms with Crippen molar-refractivity contribution in [1.29, 1.82) is 0 Å². The van der Waals surface area contributed by atoms with Crippen molar-refractivity contribution < 1.29 is 13.2 Å². The van der Waals surface area contributed by atoms with Crippen LogP contribution in [-0.2, 0) is 14.8 Å². The number of sulfonamides is 1. The summed E-state index contributed by atoms with van der Waals surface area (Å²) in [6.07, 6.45) is 1.70. The Balaban J connectivity index is 2.48. The molecule has 0 spiro atoms. The van der Waals surface area contributed by atoms with Crippen molar-refractivity contribution in [1.82, 2.24) is 4.72 Å². The summed E-state index contributed by atoms with van der Waals surface area (Å²) in [5, 5.41) is 0. The third-order valence-electron chi connectivity index (χ3n) is 2.26. The van der Waals surface area contributed by atoms with E-state index in [1.807, 2.05) is 20.8 Å². The Bertz CT molecular complexity index is 286. The van der Waals surface area contributed by atoms with Gasteiger partial charge in [-0.05, 0) is 39.5 Å². The molecule has 1 N–H and O–H groups in total. The Hall–Kier alpha value is -0.130. The number of hydrogen-bond acceptors (Lipinski definition) is 3. The molecule has 0 aromatic carbocycles. The number of nitrogens with one attached hydrogen (secondary N) is 1. The van der Waals surface area contributed by atoms with E-state index < -0.39 is 10.0 Å². The van der Waals surface area contributed by atoms with E-state index in [1.165, 1.54) is 0 Å². The van der Waals surface area contributed by atoms with Gasteiger partial charge in [0.05, 0.1) is 5.75 Å². The van der Waals surface area contributed by atoms with Gasteiger partial charge < -0.3 is 4.74 Å². The third kappa shape index (κ3) is 5.49. The van der Waals surface area contributed by atoms with Gasteiger partial charge in [-0.25, -0.2) is 13.1 Å². The predicted octanol–water partition coefficient (Wildman–Crippen LogP) is 1.13. The highest BCUT2D eigenvalue weighted by Gasteiger charge is 2.25. The van der Waals surface area contributed by atoms with E-state index in [-0.39, 0.29) is 17.2 Å². The first-order chi connectivity index (χ1) is 6.79. The quantitative estimate of drug-likeness (QED) is 0.798. The first-order valence-corrected chi connectivity index (χ1v) is 7.03. The van der Waals surface area contributed by atoms with Crippen molar-refractivity contribution in [2.75, 3.05) is 19.0 Å². The number of rotatable bonds is 3. The molecule has 0 bridgehead atoms. The van der Waals surface area contributed by atoms with Gasteiger partial charge in [0.15, 0.2) is 0 Å². The number of ether oxygens (including phenoxy) is 1. The van der Waals surface area contributed by atoms with Gasteiger partial charge in [0.2, 0.25) is 10.0 Å². The molecule has 0 aromatic heterocycles. The van der Waals surface area contributed by atoms with Crippen LogP contribution in [0.25, 0.3) is 0 Å². The summed E-state index contributed by atoms with van der Waals surface area (Å²) in [5.74, 6) is 0.478. The van der Waals surface area contributed by atoms with E-state index in [0.29, 0.717) is 13.2 Å². The highest BCUT2D eigenvalue weighted by Crippen LogP contribution is 2.17. The molecule has 1 heterocycles. The standard InChI is InChI=1S/C10H21NO3S/c1-10(2,3)11-15(12,13)8-9-4-6-14-7-5-9/h9,11H,4-8H2,1-3H3. The van der Waals surface area contributed by atoms with Crippen LogP contribution in [0.2, 0.25) is 0 Å². The van der Waals surface area contributed by atoms with Crippen molar-refractivity contribution in [2.45, 2.75) is 39.2 Å². The first-order valence-electron chi connectivity index (χ1n) is 5.38. The lowest BCUT2D eigenvalue weighted by atomic mass is 10.0. The van der Waals surface area contributed by atoms with Gasteiger partial charge in [-0.3, -0.25) is 0 Å². The van der Waals surface area contributed by atoms with Gasteiger partial charge in [-0.1, -0.05) is 0 Å². The summed E-state index contributed by atoms with van der Waals surface area (Å²) < 4.78 is 31.4. The van der Waals surface area contributed by atoms with Crippen LogP contribution in [0.1, 0.15) is 33.6 Å². The van der Waals surface area contributed by atoms with Crippen LogP contribution in [0.5, 0.6) is 0 Å². The molecule has 4 nitrogen and oxygen atoms in total. The van der Waals surface area contributed by atoms with Crippen molar-refractivity contribution in [3.63, 3.8) is 0 Å². The van der Waals surface area contributed by atoms with Gasteiger partial charge in [-0.15, -0.1) is 0 Å². The smallest absolute Gasteiger partial charge is 0.212 e. The lowest BCUT2D eigenvalue weighted by molar-refractivity contribution is 0.0722. The summed E-state index contributed by atoms with van der Waals surface area (Å²) in [6.45, 7) is 6.95. The summed E-state index contributed by atoms with van der Waals surface area (Å²) in [5.41, 5.74) is -0.385. The topological polar surface area (TPSA) is 55.4 Å². The first kappa shape index (κ1) is 12.9. The van der Waals surface area contributed by atoms with Crippen LogP contribution in [-0.4, -0.2) is 32.9 Å². The summed E-state index contributed by atoms with van der Waals surface area (Å²) in [4.78, 5) is 0. The Morgan fingerprint density at radius 1 is 1.27 bits per heavy atom. The maximum absolute atomic E-state index is 11.8. The SMILES string of the molecule is CC(C)(C)NS(=O)(=O)CC1CCOCC1. The molecule has 0 saturated carbocycles. The third-order valence-corrected chi connectivity index (χ3v) is 4.09. The van der Waals surface area contributed by atoms with Gasteiger partial charge >= 0.3 is 0 Å². The average Bonchev–Trinajstić information content (AvgIpc) is 1.99. The van der Waals surface area contributed by atoms with E-state index in [1.54, 1.807) is 0 Å². The monoisotopic (exact) mass is 235 g/mol. The second-order valence-electron chi connectivity index (χ2n) is 5.19. The maximum atomic E-state index is 11.8. The highest BCUT2D eigenvalue weighted by molar-refractivity contribution is 7.89. The average molecular weight is 235 g/mol. The van der Waals surface area contributed by atoms with Gasteiger partial charge in [0.25, 0.3) is 0 Å². The van der Waals surface area contributed by atoms with Gasteiger partial charge in [-0.2, -0.15) is 0 Å². The molecule has 1 rings (SSSR count). The van der Waals surface area contributed by atoms with E-state index in [4.69, 9.17) is 4.74 Å². The second kappa shape index (κ2) is 4.80. The van der Waals surface area contributed by atoms with E-state index >= 15 is 0 Å². The lowest BCUT2D eigenvalue weighted by Gasteiger charge is -2.25. The molecule has 0 unspecified atom stereocenters. The molecular formula is C10H21NO3S. The van der Waals surface area contributed by atoms with Gasteiger partial charge in [0.1, 0.15) is 0 Å². The zero-order valence-corrected chi connectivity index (χ0v) is 10.6. The lowest BCUT2D eigenvalue weighted by Crippen LogP contribution is -2.43. The molecule has 5 heteroatoms. The molecule has 90 valence electrons. The van der Waals surface area contributed by atoms with Gasteiger partial charge in [0, 0.05) is 18.8 Å². The summed E-state index contributed by atoms with van der Waals surface area (Å²) >= 11 is 0. The Kier molecular flexibility index (Phi) is 4.14. The molecule has 1 aliphatic rings. The molecule has 1 saturated heterocycles. The van der Waals surface area contributed by atoms with Crippen LogP contribution in [0, 0.1) is 5.92 Å². The predicted molar refractivity (Wildman–Crippen MR) is 60.2 cm³/mol. The minimum atomic E-state index is -3.14. The fourth-order valence-corrected chi connectivity index (χ4v) is 3.70. The van der Waals surface area contributed by atoms with Crippen LogP contribution in [0.15, 0.2) is 0 Å². The molecular weight excluding hydrogens is 214 g/mol. The molecule has 1 fully saturated rings. The zero-order chi connectivity index (χ0) is 11.5. The van der Waals surface area contributed by atoms with E-state index in [9.17, 15) is 8.42 Å². The van der Waals surface area contributed by atoms with Crippen LogP contribution in [0.4, 0.5) is 0 Å². The summed E-state index contributed by atoms with van der Waals surface area (Å²) in [6, 6.07) is 0. The minimum absolute atomic E-state index is 0.230.